The quantitative estimate of drug-likeness (QED) is 0.203. The smallest absolute Gasteiger partial charge is 0.277 e. The molecular formula is C31H34N6O4. The molecule has 0 saturated carbocycles. The summed E-state index contributed by atoms with van der Waals surface area (Å²) in [5.41, 5.74) is 4.43. The van der Waals surface area contributed by atoms with E-state index in [1.807, 2.05) is 62.4 Å². The predicted molar refractivity (Wildman–Crippen MR) is 159 cm³/mol. The Labute approximate surface area is 239 Å². The fourth-order valence-electron chi connectivity index (χ4n) is 4.62. The number of carbonyl (C=O) groups excluding carboxylic acids is 1. The van der Waals surface area contributed by atoms with Gasteiger partial charge in [0.1, 0.15) is 5.75 Å². The number of piperazine rings is 1. The second-order valence-corrected chi connectivity index (χ2v) is 9.88. The molecule has 2 heterocycles. The Morgan fingerprint density at radius 2 is 1.49 bits per heavy atom. The molecule has 0 radical (unpaired) electrons. The first-order chi connectivity index (χ1) is 19.9. The third kappa shape index (κ3) is 6.74. The van der Waals surface area contributed by atoms with Gasteiger partial charge in [-0.2, -0.15) is 14.9 Å². The fourth-order valence-corrected chi connectivity index (χ4v) is 4.62. The highest BCUT2D eigenvalue weighted by Crippen LogP contribution is 2.33. The zero-order chi connectivity index (χ0) is 28.8. The second-order valence-electron chi connectivity index (χ2n) is 9.88. The summed E-state index contributed by atoms with van der Waals surface area (Å²) >= 11 is 0. The van der Waals surface area contributed by atoms with Crippen LogP contribution in [0.5, 0.6) is 17.5 Å². The number of nitrogens with one attached hydrogen (secondary N) is 2. The molecule has 5 rings (SSSR count). The molecule has 1 aliphatic rings. The Balaban J connectivity index is 1.47. The van der Waals surface area contributed by atoms with E-state index in [0.29, 0.717) is 11.4 Å². The van der Waals surface area contributed by atoms with E-state index in [4.69, 9.17) is 14.5 Å². The Hall–Kier alpha value is -4.67. The molecule has 1 amide bonds. The number of rotatable bonds is 9. The van der Waals surface area contributed by atoms with Crippen LogP contribution in [0.25, 0.3) is 0 Å². The van der Waals surface area contributed by atoms with Crippen molar-refractivity contribution in [2.24, 2.45) is 0 Å². The number of nitrogens with zero attached hydrogens (tertiary/aromatic N) is 4. The van der Waals surface area contributed by atoms with Crippen LogP contribution in [0.2, 0.25) is 0 Å². The molecule has 1 saturated heterocycles. The zero-order valence-corrected chi connectivity index (χ0v) is 23.7. The van der Waals surface area contributed by atoms with Crippen molar-refractivity contribution in [2.75, 3.05) is 55.9 Å². The van der Waals surface area contributed by atoms with Crippen molar-refractivity contribution in [2.45, 2.75) is 13.8 Å². The van der Waals surface area contributed by atoms with Crippen LogP contribution in [0.4, 0.5) is 23.0 Å². The van der Waals surface area contributed by atoms with Crippen LogP contribution in [0, 0.1) is 13.8 Å². The molecule has 41 heavy (non-hydrogen) atoms. The maximum absolute atomic E-state index is 13.7. The number of para-hydroxylation sites is 2. The zero-order valence-electron chi connectivity index (χ0n) is 23.7. The summed E-state index contributed by atoms with van der Waals surface area (Å²) in [6.07, 6.45) is 0. The first-order valence-electron chi connectivity index (χ1n) is 13.4. The van der Waals surface area contributed by atoms with E-state index in [2.05, 4.69) is 49.6 Å². The van der Waals surface area contributed by atoms with Gasteiger partial charge in [0.05, 0.1) is 7.11 Å². The normalized spacial score (nSPS) is 13.5. The van der Waals surface area contributed by atoms with Gasteiger partial charge >= 0.3 is 0 Å². The number of aryl methyl sites for hydroxylation is 2. The summed E-state index contributed by atoms with van der Waals surface area (Å²) < 4.78 is 6.10. The standard InChI is InChI=1S/C31H34N6O4/c1-21-9-8-10-22(2)27(21)33-28(38)26-29(40-25-11-6-5-7-12-25)34-31(35-30(26)41-39-4)32-23-13-15-24(16-14-23)37-19-17-36(3)18-20-37/h5-16H,17-20H2,1-4H3,(H,33,38)(H,32,34,35). The summed E-state index contributed by atoms with van der Waals surface area (Å²) in [6.45, 7) is 7.88. The highest BCUT2D eigenvalue weighted by molar-refractivity contribution is 6.08. The second kappa shape index (κ2) is 12.7. The van der Waals surface area contributed by atoms with Gasteiger partial charge in [0, 0.05) is 43.2 Å². The number of benzene rings is 3. The van der Waals surface area contributed by atoms with Crippen molar-refractivity contribution in [1.29, 1.82) is 0 Å². The third-order valence-electron chi connectivity index (χ3n) is 6.90. The van der Waals surface area contributed by atoms with E-state index in [0.717, 1.165) is 48.7 Å². The van der Waals surface area contributed by atoms with Crippen LogP contribution in [0.1, 0.15) is 21.5 Å². The highest BCUT2D eigenvalue weighted by atomic mass is 17.2. The van der Waals surface area contributed by atoms with Crippen molar-refractivity contribution in [3.8, 4) is 17.5 Å². The minimum absolute atomic E-state index is 0.00526. The largest absolute Gasteiger partial charge is 0.438 e. The van der Waals surface area contributed by atoms with Crippen molar-refractivity contribution >= 4 is 28.9 Å². The van der Waals surface area contributed by atoms with E-state index in [-0.39, 0.29) is 23.3 Å². The molecule has 0 unspecified atom stereocenters. The molecular weight excluding hydrogens is 520 g/mol. The van der Waals surface area contributed by atoms with Gasteiger partial charge in [-0.25, -0.2) is 0 Å². The van der Waals surface area contributed by atoms with E-state index >= 15 is 0 Å². The molecule has 10 heteroatoms. The first kappa shape index (κ1) is 27.9. The number of amides is 1. The van der Waals surface area contributed by atoms with E-state index < -0.39 is 5.91 Å². The van der Waals surface area contributed by atoms with Gasteiger partial charge in [-0.15, -0.1) is 0 Å². The number of likely N-dealkylation sites (N-methyl/N-ethyl adjacent to an activating group) is 1. The molecule has 0 aliphatic carbocycles. The van der Waals surface area contributed by atoms with E-state index in [9.17, 15) is 4.79 Å². The Morgan fingerprint density at radius 1 is 0.829 bits per heavy atom. The van der Waals surface area contributed by atoms with Crippen LogP contribution in [-0.2, 0) is 4.89 Å². The summed E-state index contributed by atoms with van der Waals surface area (Å²) in [7, 11) is 3.48. The molecule has 10 nitrogen and oxygen atoms in total. The Morgan fingerprint density at radius 3 is 2.15 bits per heavy atom. The van der Waals surface area contributed by atoms with E-state index in [1.165, 1.54) is 7.11 Å². The summed E-state index contributed by atoms with van der Waals surface area (Å²) in [5.74, 6) is 0.104. The molecule has 1 aromatic heterocycles. The molecule has 212 valence electrons. The van der Waals surface area contributed by atoms with Crippen LogP contribution >= 0.6 is 0 Å². The van der Waals surface area contributed by atoms with Gasteiger partial charge in [-0.1, -0.05) is 36.4 Å². The number of hydrogen-bond donors (Lipinski definition) is 2. The Bertz CT molecular complexity index is 1470. The van der Waals surface area contributed by atoms with Crippen molar-refractivity contribution < 1.29 is 19.3 Å². The maximum Gasteiger partial charge on any atom is 0.277 e. The molecule has 0 atom stereocenters. The molecule has 1 fully saturated rings. The lowest BCUT2D eigenvalue weighted by atomic mass is 10.1. The predicted octanol–water partition coefficient (Wildman–Crippen LogP) is 5.57. The summed E-state index contributed by atoms with van der Waals surface area (Å²) in [5, 5.41) is 6.17. The fraction of sp³-hybridized carbons (Fsp3) is 0.258. The molecule has 0 spiro atoms. The maximum atomic E-state index is 13.7. The molecule has 0 bridgehead atoms. The minimum atomic E-state index is -0.497. The molecule has 2 N–H and O–H groups in total. The van der Waals surface area contributed by atoms with Gasteiger partial charge in [0.15, 0.2) is 5.56 Å². The number of anilines is 4. The Kier molecular flexibility index (Phi) is 8.61. The van der Waals surface area contributed by atoms with Gasteiger partial charge in [-0.05, 0) is 68.4 Å². The van der Waals surface area contributed by atoms with Gasteiger partial charge in [-0.3, -0.25) is 4.79 Å². The average Bonchev–Trinajstić information content (AvgIpc) is 2.97. The van der Waals surface area contributed by atoms with Crippen LogP contribution in [0.15, 0.2) is 72.8 Å². The molecule has 1 aliphatic heterocycles. The van der Waals surface area contributed by atoms with Crippen molar-refractivity contribution in [1.82, 2.24) is 14.9 Å². The number of aromatic nitrogens is 2. The van der Waals surface area contributed by atoms with Crippen molar-refractivity contribution in [3.63, 3.8) is 0 Å². The van der Waals surface area contributed by atoms with Gasteiger partial charge < -0.3 is 30.1 Å². The summed E-state index contributed by atoms with van der Waals surface area (Å²) in [4.78, 5) is 37.7. The van der Waals surface area contributed by atoms with Crippen molar-refractivity contribution in [3.05, 3.63) is 89.5 Å². The number of ether oxygens (including phenoxy) is 1. The van der Waals surface area contributed by atoms with Gasteiger partial charge in [0.25, 0.3) is 11.8 Å². The lowest BCUT2D eigenvalue weighted by Crippen LogP contribution is -2.44. The summed E-state index contributed by atoms with van der Waals surface area (Å²) in [6, 6.07) is 22.9. The van der Waals surface area contributed by atoms with Crippen LogP contribution in [-0.4, -0.2) is 61.1 Å². The SMILES string of the molecule is COOc1nc(Nc2ccc(N3CCN(C)CC3)cc2)nc(Oc2ccccc2)c1C(=O)Nc1c(C)cccc1C. The van der Waals surface area contributed by atoms with E-state index in [1.54, 1.807) is 12.1 Å². The third-order valence-corrected chi connectivity index (χ3v) is 6.90. The minimum Gasteiger partial charge on any atom is -0.438 e. The molecule has 4 aromatic rings. The monoisotopic (exact) mass is 554 g/mol. The lowest BCUT2D eigenvalue weighted by Gasteiger charge is -2.34. The van der Waals surface area contributed by atoms with Crippen LogP contribution in [0.3, 0.4) is 0 Å². The lowest BCUT2D eigenvalue weighted by molar-refractivity contribution is -0.181. The number of hydrogen-bond acceptors (Lipinski definition) is 9. The van der Waals surface area contributed by atoms with Crippen LogP contribution < -0.4 is 25.2 Å². The van der Waals surface area contributed by atoms with Gasteiger partial charge in [0.2, 0.25) is 11.8 Å². The topological polar surface area (TPSA) is 101 Å². The first-order valence-corrected chi connectivity index (χ1v) is 13.4. The highest BCUT2D eigenvalue weighted by Gasteiger charge is 2.26. The molecule has 3 aromatic carbocycles. The number of carbonyl (C=O) groups is 1. The average molecular weight is 555 g/mol.